The molecule has 21 heavy (non-hydrogen) atoms. The number of oxime groups is 1. The monoisotopic (exact) mass is 306 g/mol. The van der Waals surface area contributed by atoms with Gasteiger partial charge in [0.1, 0.15) is 0 Å². The molecule has 1 atom stereocenters. The van der Waals surface area contributed by atoms with E-state index in [4.69, 9.17) is 16.4 Å². The summed E-state index contributed by atoms with van der Waals surface area (Å²) in [6.07, 6.45) is 2.78. The molecule has 0 aliphatic carbocycles. The van der Waals surface area contributed by atoms with Gasteiger partial charge in [0.2, 0.25) is 5.91 Å². The first-order valence-electron chi connectivity index (χ1n) is 7.01. The van der Waals surface area contributed by atoms with Crippen LogP contribution in [-0.2, 0) is 9.63 Å². The van der Waals surface area contributed by atoms with E-state index in [0.29, 0.717) is 31.0 Å². The van der Waals surface area contributed by atoms with E-state index in [-0.39, 0.29) is 12.0 Å². The number of carbonyl (C=O) groups excluding carboxylic acids is 1. The summed E-state index contributed by atoms with van der Waals surface area (Å²) in [4.78, 5) is 19.0. The van der Waals surface area contributed by atoms with Gasteiger partial charge in [-0.25, -0.2) is 0 Å². The molecular weight excluding hydrogens is 288 g/mol. The lowest BCUT2D eigenvalue weighted by Gasteiger charge is -2.22. The van der Waals surface area contributed by atoms with Crippen molar-refractivity contribution in [3.05, 3.63) is 47.5 Å². The maximum absolute atomic E-state index is 11.8. The average molecular weight is 307 g/mol. The number of hydrogen-bond donors (Lipinski definition) is 0. The van der Waals surface area contributed by atoms with Crippen molar-refractivity contribution in [2.24, 2.45) is 5.16 Å². The highest BCUT2D eigenvalue weighted by molar-refractivity contribution is 6.30. The van der Waals surface area contributed by atoms with E-state index in [0.717, 1.165) is 11.3 Å². The molecule has 0 bridgehead atoms. The zero-order valence-corrected chi connectivity index (χ0v) is 12.8. The van der Waals surface area contributed by atoms with Crippen LogP contribution in [0.4, 0.5) is 0 Å². The van der Waals surface area contributed by atoms with Crippen LogP contribution in [-0.4, -0.2) is 35.7 Å². The van der Waals surface area contributed by atoms with Gasteiger partial charge in [-0.2, -0.15) is 0 Å². The van der Waals surface area contributed by atoms with Crippen molar-refractivity contribution < 1.29 is 9.63 Å². The van der Waals surface area contributed by atoms with E-state index in [2.05, 4.69) is 11.7 Å². The Hall–Kier alpha value is -1.81. The molecule has 0 N–H and O–H groups in total. The minimum absolute atomic E-state index is 0.0958. The number of halogens is 1. The van der Waals surface area contributed by atoms with Gasteiger partial charge in [-0.15, -0.1) is 6.58 Å². The zero-order valence-electron chi connectivity index (χ0n) is 12.1. The summed E-state index contributed by atoms with van der Waals surface area (Å²) in [6.45, 7) is 6.60. The van der Waals surface area contributed by atoms with E-state index in [1.807, 2.05) is 31.2 Å². The third-order valence-electron chi connectivity index (χ3n) is 3.34. The Morgan fingerprint density at radius 2 is 2.24 bits per heavy atom. The molecule has 1 amide bonds. The molecule has 0 radical (unpaired) electrons. The maximum atomic E-state index is 11.8. The summed E-state index contributed by atoms with van der Waals surface area (Å²) in [6, 6.07) is 7.51. The summed E-state index contributed by atoms with van der Waals surface area (Å²) in [7, 11) is 0. The van der Waals surface area contributed by atoms with Crippen molar-refractivity contribution >= 4 is 23.2 Å². The van der Waals surface area contributed by atoms with Crippen molar-refractivity contribution in [3.63, 3.8) is 0 Å². The van der Waals surface area contributed by atoms with Crippen LogP contribution in [0.2, 0.25) is 5.02 Å². The Morgan fingerprint density at radius 1 is 1.52 bits per heavy atom. The molecule has 0 fully saturated rings. The van der Waals surface area contributed by atoms with Crippen LogP contribution in [0.1, 0.15) is 25.3 Å². The molecule has 112 valence electrons. The fourth-order valence-corrected chi connectivity index (χ4v) is 2.37. The predicted octanol–water partition coefficient (Wildman–Crippen LogP) is 3.26. The van der Waals surface area contributed by atoms with Gasteiger partial charge in [0.25, 0.3) is 0 Å². The Balaban J connectivity index is 1.95. The fourth-order valence-electron chi connectivity index (χ4n) is 2.24. The molecule has 4 nitrogen and oxygen atoms in total. The number of benzene rings is 1. The van der Waals surface area contributed by atoms with Gasteiger partial charge in [0.05, 0.1) is 12.3 Å². The largest absolute Gasteiger partial charge is 0.390 e. The SMILES string of the molecule is C=CCN(C[C@@H]1CC(c2ccc(Cl)cc2)=NO1)C(=O)CC. The predicted molar refractivity (Wildman–Crippen MR) is 84.5 cm³/mol. The number of rotatable bonds is 6. The maximum Gasteiger partial charge on any atom is 0.222 e. The first-order valence-corrected chi connectivity index (χ1v) is 7.39. The summed E-state index contributed by atoms with van der Waals surface area (Å²) in [5.74, 6) is 0.0958. The van der Waals surface area contributed by atoms with Crippen molar-refractivity contribution in [1.29, 1.82) is 0 Å². The number of hydrogen-bond acceptors (Lipinski definition) is 3. The highest BCUT2D eigenvalue weighted by Crippen LogP contribution is 2.19. The van der Waals surface area contributed by atoms with Crippen LogP contribution in [0.5, 0.6) is 0 Å². The van der Waals surface area contributed by atoms with Crippen LogP contribution in [0.15, 0.2) is 42.1 Å². The van der Waals surface area contributed by atoms with E-state index in [1.165, 1.54) is 0 Å². The molecule has 0 saturated carbocycles. The standard InChI is InChI=1S/C16H19ClN2O2/c1-3-9-19(16(20)4-2)11-14-10-15(18-21-14)12-5-7-13(17)8-6-12/h3,5-8,14H,1,4,9-11H2,2H3/t14-/m0/s1. The second kappa shape index (κ2) is 7.27. The van der Waals surface area contributed by atoms with E-state index in [1.54, 1.807) is 11.0 Å². The zero-order chi connectivity index (χ0) is 15.2. The minimum atomic E-state index is -0.105. The number of nitrogens with zero attached hydrogens (tertiary/aromatic N) is 2. The normalized spacial score (nSPS) is 17.0. The van der Waals surface area contributed by atoms with Crippen LogP contribution in [0.25, 0.3) is 0 Å². The van der Waals surface area contributed by atoms with Gasteiger partial charge in [-0.3, -0.25) is 4.79 Å². The van der Waals surface area contributed by atoms with Gasteiger partial charge in [-0.05, 0) is 17.7 Å². The minimum Gasteiger partial charge on any atom is -0.390 e. The lowest BCUT2D eigenvalue weighted by molar-refractivity contribution is -0.132. The molecule has 1 heterocycles. The van der Waals surface area contributed by atoms with Crippen molar-refractivity contribution in [2.45, 2.75) is 25.9 Å². The smallest absolute Gasteiger partial charge is 0.222 e. The van der Waals surface area contributed by atoms with Gasteiger partial charge in [0, 0.05) is 24.4 Å². The van der Waals surface area contributed by atoms with Crippen LogP contribution in [0.3, 0.4) is 0 Å². The van der Waals surface area contributed by atoms with Crippen molar-refractivity contribution in [2.75, 3.05) is 13.1 Å². The van der Waals surface area contributed by atoms with Crippen LogP contribution >= 0.6 is 11.6 Å². The van der Waals surface area contributed by atoms with Crippen molar-refractivity contribution in [1.82, 2.24) is 4.90 Å². The highest BCUT2D eigenvalue weighted by atomic mass is 35.5. The van der Waals surface area contributed by atoms with E-state index >= 15 is 0 Å². The Bertz CT molecular complexity index is 540. The Kier molecular flexibility index (Phi) is 5.39. The molecule has 0 unspecified atom stereocenters. The second-order valence-electron chi connectivity index (χ2n) is 4.92. The summed E-state index contributed by atoms with van der Waals surface area (Å²) < 4.78 is 0. The molecular formula is C16H19ClN2O2. The van der Waals surface area contributed by atoms with Gasteiger partial charge in [-0.1, -0.05) is 41.9 Å². The molecule has 0 spiro atoms. The summed E-state index contributed by atoms with van der Waals surface area (Å²) in [5, 5.41) is 4.82. The molecule has 2 rings (SSSR count). The summed E-state index contributed by atoms with van der Waals surface area (Å²) >= 11 is 5.88. The molecule has 1 aromatic carbocycles. The highest BCUT2D eigenvalue weighted by Gasteiger charge is 2.25. The molecule has 1 aliphatic rings. The topological polar surface area (TPSA) is 41.9 Å². The molecule has 1 aliphatic heterocycles. The van der Waals surface area contributed by atoms with Gasteiger partial charge in [0.15, 0.2) is 6.10 Å². The third-order valence-corrected chi connectivity index (χ3v) is 3.59. The fraction of sp³-hybridized carbons (Fsp3) is 0.375. The van der Waals surface area contributed by atoms with Crippen LogP contribution < -0.4 is 0 Å². The van der Waals surface area contributed by atoms with E-state index in [9.17, 15) is 4.79 Å². The third kappa shape index (κ3) is 4.08. The van der Waals surface area contributed by atoms with Gasteiger partial charge >= 0.3 is 0 Å². The first-order chi connectivity index (χ1) is 10.1. The van der Waals surface area contributed by atoms with Gasteiger partial charge < -0.3 is 9.74 Å². The average Bonchev–Trinajstić information content (AvgIpc) is 2.95. The first kappa shape index (κ1) is 15.6. The quantitative estimate of drug-likeness (QED) is 0.757. The Morgan fingerprint density at radius 3 is 2.86 bits per heavy atom. The lowest BCUT2D eigenvalue weighted by Crippen LogP contribution is -2.37. The number of carbonyl (C=O) groups is 1. The second-order valence-corrected chi connectivity index (χ2v) is 5.35. The molecule has 0 saturated heterocycles. The number of amides is 1. The van der Waals surface area contributed by atoms with Crippen molar-refractivity contribution in [3.8, 4) is 0 Å². The lowest BCUT2D eigenvalue weighted by atomic mass is 10.0. The van der Waals surface area contributed by atoms with Crippen LogP contribution in [0, 0.1) is 0 Å². The molecule has 0 aromatic heterocycles. The molecule has 1 aromatic rings. The Labute approximate surface area is 130 Å². The summed E-state index contributed by atoms with van der Waals surface area (Å²) in [5.41, 5.74) is 1.89. The van der Waals surface area contributed by atoms with E-state index < -0.39 is 0 Å². The molecule has 5 heteroatoms.